The fourth-order valence-corrected chi connectivity index (χ4v) is 1.59. The number of unbranched alkanes of at least 4 members (excludes halogenated alkanes) is 1. The van der Waals surface area contributed by atoms with Crippen molar-refractivity contribution in [3.05, 3.63) is 11.4 Å². The van der Waals surface area contributed by atoms with Crippen LogP contribution in [0.15, 0.2) is 0 Å². The van der Waals surface area contributed by atoms with Crippen LogP contribution in [0, 0.1) is 13.8 Å². The van der Waals surface area contributed by atoms with Crippen molar-refractivity contribution in [3.63, 3.8) is 0 Å². The Morgan fingerprint density at radius 3 is 2.63 bits per heavy atom. The molecule has 0 saturated heterocycles. The normalized spacial score (nSPS) is 10.1. The van der Waals surface area contributed by atoms with E-state index in [0.717, 1.165) is 17.8 Å². The Labute approximate surface area is 112 Å². The molecule has 7 nitrogen and oxygen atoms in total. The molecule has 106 valence electrons. The summed E-state index contributed by atoms with van der Waals surface area (Å²) in [6, 6.07) is -0.273. The number of aromatic nitrogens is 2. The fraction of sp³-hybridized carbons (Fsp3) is 0.583. The highest BCUT2D eigenvalue weighted by Gasteiger charge is 2.09. The molecule has 0 radical (unpaired) electrons. The van der Waals surface area contributed by atoms with E-state index in [1.54, 1.807) is 0 Å². The average molecular weight is 268 g/mol. The van der Waals surface area contributed by atoms with Gasteiger partial charge in [0.1, 0.15) is 0 Å². The lowest BCUT2D eigenvalue weighted by Gasteiger charge is -2.07. The second-order valence-electron chi connectivity index (χ2n) is 4.22. The number of nitrogens with one attached hydrogen (secondary N) is 3. The second kappa shape index (κ2) is 7.40. The number of carbonyl (C=O) groups is 2. The summed E-state index contributed by atoms with van der Waals surface area (Å²) in [4.78, 5) is 22.5. The molecule has 2 amide bonds. The third-order valence-electron chi connectivity index (χ3n) is 2.69. The van der Waals surface area contributed by atoms with Crippen molar-refractivity contribution in [2.24, 2.45) is 0 Å². The van der Waals surface area contributed by atoms with Crippen molar-refractivity contribution in [1.29, 1.82) is 0 Å². The topological polar surface area (TPSA) is 96.1 Å². The average Bonchev–Trinajstić information content (AvgIpc) is 2.69. The van der Waals surface area contributed by atoms with E-state index in [2.05, 4.69) is 25.6 Å². The van der Waals surface area contributed by atoms with E-state index in [1.807, 2.05) is 13.8 Å². The molecule has 1 aromatic heterocycles. The van der Waals surface area contributed by atoms with Gasteiger partial charge in [0, 0.05) is 13.0 Å². The predicted molar refractivity (Wildman–Crippen MR) is 71.0 cm³/mol. The zero-order valence-corrected chi connectivity index (χ0v) is 11.5. The molecule has 0 fully saturated rings. The Balaban J connectivity index is 2.20. The first kappa shape index (κ1) is 15.0. The summed E-state index contributed by atoms with van der Waals surface area (Å²) >= 11 is 0. The van der Waals surface area contributed by atoms with Gasteiger partial charge in [0.25, 0.3) is 0 Å². The molecule has 1 heterocycles. The molecule has 0 aromatic carbocycles. The van der Waals surface area contributed by atoms with Crippen LogP contribution in [0.4, 0.5) is 10.5 Å². The quantitative estimate of drug-likeness (QED) is 0.538. The molecule has 0 atom stereocenters. The van der Waals surface area contributed by atoms with Gasteiger partial charge < -0.3 is 15.4 Å². The highest BCUT2D eigenvalue weighted by Crippen LogP contribution is 2.15. The summed E-state index contributed by atoms with van der Waals surface area (Å²) in [6.07, 6.45) is 1.79. The third-order valence-corrected chi connectivity index (χ3v) is 2.69. The van der Waals surface area contributed by atoms with E-state index >= 15 is 0 Å². The summed E-state index contributed by atoms with van der Waals surface area (Å²) in [5.74, 6) is -0.228. The number of amides is 2. The molecular formula is C12H20N4O3. The van der Waals surface area contributed by atoms with Gasteiger partial charge in [-0.25, -0.2) is 4.79 Å². The summed E-state index contributed by atoms with van der Waals surface area (Å²) in [5, 5.41) is 12.2. The molecule has 0 unspecified atom stereocenters. The van der Waals surface area contributed by atoms with Gasteiger partial charge in [-0.15, -0.1) is 0 Å². The SMILES string of the molecule is COC(=O)CCCCNC(=O)Nc1c(C)n[nH]c1C. The first-order valence-electron chi connectivity index (χ1n) is 6.17. The molecule has 0 aliphatic rings. The molecule has 0 aliphatic carbocycles. The van der Waals surface area contributed by atoms with Crippen molar-refractivity contribution >= 4 is 17.7 Å². The van der Waals surface area contributed by atoms with E-state index in [1.165, 1.54) is 7.11 Å². The van der Waals surface area contributed by atoms with Gasteiger partial charge in [0.15, 0.2) is 0 Å². The highest BCUT2D eigenvalue weighted by atomic mass is 16.5. The first-order valence-corrected chi connectivity index (χ1v) is 6.17. The monoisotopic (exact) mass is 268 g/mol. The smallest absolute Gasteiger partial charge is 0.319 e. The van der Waals surface area contributed by atoms with Crippen LogP contribution in [0.2, 0.25) is 0 Å². The van der Waals surface area contributed by atoms with Gasteiger partial charge in [0.05, 0.1) is 24.2 Å². The predicted octanol–water partition coefficient (Wildman–Crippen LogP) is 1.49. The summed E-state index contributed by atoms with van der Waals surface area (Å²) in [6.45, 7) is 4.17. The van der Waals surface area contributed by atoms with Gasteiger partial charge in [0.2, 0.25) is 0 Å². The van der Waals surface area contributed by atoms with Crippen LogP contribution < -0.4 is 10.6 Å². The van der Waals surface area contributed by atoms with Gasteiger partial charge in [-0.1, -0.05) is 0 Å². The van der Waals surface area contributed by atoms with E-state index in [9.17, 15) is 9.59 Å². The van der Waals surface area contributed by atoms with Gasteiger partial charge in [-0.2, -0.15) is 5.10 Å². The van der Waals surface area contributed by atoms with E-state index in [-0.39, 0.29) is 12.0 Å². The molecule has 0 saturated carbocycles. The van der Waals surface area contributed by atoms with Gasteiger partial charge in [-0.05, 0) is 26.7 Å². The molecule has 1 aromatic rings. The third kappa shape index (κ3) is 4.99. The molecule has 19 heavy (non-hydrogen) atoms. The zero-order chi connectivity index (χ0) is 14.3. The lowest BCUT2D eigenvalue weighted by molar-refractivity contribution is -0.140. The minimum Gasteiger partial charge on any atom is -0.469 e. The number of esters is 1. The molecule has 0 bridgehead atoms. The first-order chi connectivity index (χ1) is 9.04. The minimum absolute atomic E-state index is 0.228. The molecule has 0 spiro atoms. The number of carbonyl (C=O) groups excluding carboxylic acids is 2. The number of H-pyrrole nitrogens is 1. The highest BCUT2D eigenvalue weighted by molar-refractivity contribution is 5.90. The Hall–Kier alpha value is -2.05. The number of aromatic amines is 1. The number of anilines is 1. The van der Waals surface area contributed by atoms with Crippen LogP contribution >= 0.6 is 0 Å². The Kier molecular flexibility index (Phi) is 5.84. The van der Waals surface area contributed by atoms with Crippen LogP contribution in [0.3, 0.4) is 0 Å². The van der Waals surface area contributed by atoms with Crippen LogP contribution in [0.5, 0.6) is 0 Å². The molecule has 1 rings (SSSR count). The van der Waals surface area contributed by atoms with Crippen molar-refractivity contribution in [2.75, 3.05) is 19.0 Å². The molecule has 3 N–H and O–H groups in total. The van der Waals surface area contributed by atoms with E-state index in [0.29, 0.717) is 25.1 Å². The van der Waals surface area contributed by atoms with Gasteiger partial charge in [-0.3, -0.25) is 9.89 Å². The molecule has 7 heteroatoms. The maximum Gasteiger partial charge on any atom is 0.319 e. The number of aryl methyl sites for hydroxylation is 2. The fourth-order valence-electron chi connectivity index (χ4n) is 1.59. The second-order valence-corrected chi connectivity index (χ2v) is 4.22. The number of methoxy groups -OCH3 is 1. The summed E-state index contributed by atoms with van der Waals surface area (Å²) < 4.78 is 4.53. The number of rotatable bonds is 6. The Bertz CT molecular complexity index is 423. The number of urea groups is 1. The van der Waals surface area contributed by atoms with Crippen molar-refractivity contribution in [2.45, 2.75) is 33.1 Å². The molecule has 0 aliphatic heterocycles. The van der Waals surface area contributed by atoms with Crippen LogP contribution in [0.1, 0.15) is 30.7 Å². The summed E-state index contributed by atoms with van der Waals surface area (Å²) in [5.41, 5.74) is 2.27. The number of ether oxygens (including phenoxy) is 1. The largest absolute Gasteiger partial charge is 0.469 e. The Morgan fingerprint density at radius 1 is 1.32 bits per heavy atom. The lowest BCUT2D eigenvalue weighted by Crippen LogP contribution is -2.30. The standard InChI is InChI=1S/C12H20N4O3/c1-8-11(9(2)16-15-8)14-12(18)13-7-5-4-6-10(17)19-3/h4-7H2,1-3H3,(H,15,16)(H2,13,14,18). The maximum atomic E-state index is 11.6. The van der Waals surface area contributed by atoms with Crippen molar-refractivity contribution in [1.82, 2.24) is 15.5 Å². The molecular weight excluding hydrogens is 248 g/mol. The van der Waals surface area contributed by atoms with Crippen LogP contribution in [-0.4, -0.2) is 35.9 Å². The minimum atomic E-state index is -0.273. The van der Waals surface area contributed by atoms with Crippen LogP contribution in [0.25, 0.3) is 0 Å². The van der Waals surface area contributed by atoms with Gasteiger partial charge >= 0.3 is 12.0 Å². The summed E-state index contributed by atoms with van der Waals surface area (Å²) in [7, 11) is 1.36. The Morgan fingerprint density at radius 2 is 2.05 bits per heavy atom. The number of nitrogens with zero attached hydrogens (tertiary/aromatic N) is 1. The van der Waals surface area contributed by atoms with E-state index < -0.39 is 0 Å². The van der Waals surface area contributed by atoms with Crippen molar-refractivity contribution in [3.8, 4) is 0 Å². The number of hydrogen-bond donors (Lipinski definition) is 3. The van der Waals surface area contributed by atoms with Crippen LogP contribution in [-0.2, 0) is 9.53 Å². The number of hydrogen-bond acceptors (Lipinski definition) is 4. The maximum absolute atomic E-state index is 11.6. The zero-order valence-electron chi connectivity index (χ0n) is 11.5. The van der Waals surface area contributed by atoms with E-state index in [4.69, 9.17) is 0 Å². The lowest BCUT2D eigenvalue weighted by atomic mass is 10.2. The van der Waals surface area contributed by atoms with Crippen molar-refractivity contribution < 1.29 is 14.3 Å².